The van der Waals surface area contributed by atoms with E-state index < -0.39 is 0 Å². The first-order valence-corrected chi connectivity index (χ1v) is 7.10. The van der Waals surface area contributed by atoms with Gasteiger partial charge in [-0.25, -0.2) is 0 Å². The van der Waals surface area contributed by atoms with Crippen LogP contribution in [-0.2, 0) is 4.74 Å². The zero-order chi connectivity index (χ0) is 10.9. The molecule has 1 rings (SSSR count). The van der Waals surface area contributed by atoms with Gasteiger partial charge >= 0.3 is 0 Å². The molecule has 0 aliphatic heterocycles. The van der Waals surface area contributed by atoms with Gasteiger partial charge in [-0.15, -0.1) is 0 Å². The fourth-order valence-corrected chi connectivity index (χ4v) is 2.75. The summed E-state index contributed by atoms with van der Waals surface area (Å²) in [4.78, 5) is 0. The largest absolute Gasteiger partial charge is 0.394 e. The van der Waals surface area contributed by atoms with Crippen molar-refractivity contribution in [3.63, 3.8) is 0 Å². The van der Waals surface area contributed by atoms with Crippen LogP contribution < -0.4 is 5.32 Å². The Balaban J connectivity index is 1.94. The highest BCUT2D eigenvalue weighted by molar-refractivity contribution is 7.99. The maximum absolute atomic E-state index is 8.52. The van der Waals surface area contributed by atoms with Crippen LogP contribution in [0.2, 0.25) is 0 Å². The molecule has 0 saturated heterocycles. The zero-order valence-electron chi connectivity index (χ0n) is 9.58. The van der Waals surface area contributed by atoms with E-state index in [2.05, 4.69) is 11.6 Å². The summed E-state index contributed by atoms with van der Waals surface area (Å²) in [6.07, 6.45) is 7.49. The Morgan fingerprint density at radius 2 is 2.00 bits per heavy atom. The number of hydrogen-bond donors (Lipinski definition) is 2. The standard InChI is InChI=1S/C11H23NO2S/c1-15-11-4-2-10(3-5-11)12-6-8-14-9-7-13/h10-13H,2-9H2,1H3. The molecule has 0 aromatic heterocycles. The van der Waals surface area contributed by atoms with Crippen LogP contribution in [0.1, 0.15) is 25.7 Å². The molecule has 0 radical (unpaired) electrons. The van der Waals surface area contributed by atoms with Gasteiger partial charge in [0.1, 0.15) is 0 Å². The van der Waals surface area contributed by atoms with E-state index in [1.54, 1.807) is 0 Å². The summed E-state index contributed by atoms with van der Waals surface area (Å²) in [5, 5.41) is 12.9. The van der Waals surface area contributed by atoms with Gasteiger partial charge in [0.2, 0.25) is 0 Å². The molecule has 2 N–H and O–H groups in total. The van der Waals surface area contributed by atoms with Gasteiger partial charge in [0.15, 0.2) is 0 Å². The highest BCUT2D eigenvalue weighted by Crippen LogP contribution is 2.26. The molecule has 15 heavy (non-hydrogen) atoms. The Hall–Kier alpha value is 0.230. The van der Waals surface area contributed by atoms with Crippen molar-refractivity contribution in [2.75, 3.05) is 32.6 Å². The van der Waals surface area contributed by atoms with E-state index in [1.165, 1.54) is 25.7 Å². The Morgan fingerprint density at radius 3 is 2.60 bits per heavy atom. The lowest BCUT2D eigenvalue weighted by molar-refractivity contribution is 0.0918. The van der Waals surface area contributed by atoms with Crippen molar-refractivity contribution in [3.05, 3.63) is 0 Å². The first-order valence-electron chi connectivity index (χ1n) is 5.81. The Morgan fingerprint density at radius 1 is 1.27 bits per heavy atom. The third-order valence-electron chi connectivity index (χ3n) is 2.92. The van der Waals surface area contributed by atoms with Crippen LogP contribution in [0.15, 0.2) is 0 Å². The molecule has 0 bridgehead atoms. The topological polar surface area (TPSA) is 41.5 Å². The van der Waals surface area contributed by atoms with Gasteiger partial charge in [-0.3, -0.25) is 0 Å². The highest BCUT2D eigenvalue weighted by atomic mass is 32.2. The minimum Gasteiger partial charge on any atom is -0.394 e. The minimum absolute atomic E-state index is 0.124. The Labute approximate surface area is 97.0 Å². The zero-order valence-corrected chi connectivity index (χ0v) is 10.4. The summed E-state index contributed by atoms with van der Waals surface area (Å²) in [6.45, 7) is 2.21. The number of thioether (sulfide) groups is 1. The quantitative estimate of drug-likeness (QED) is 0.650. The predicted octanol–water partition coefficient (Wildman–Crippen LogP) is 1.26. The number of hydrogen-bond acceptors (Lipinski definition) is 4. The molecule has 4 heteroatoms. The molecule has 1 fully saturated rings. The van der Waals surface area contributed by atoms with Crippen molar-refractivity contribution < 1.29 is 9.84 Å². The second-order valence-electron chi connectivity index (χ2n) is 4.00. The van der Waals surface area contributed by atoms with Crippen LogP contribution in [0.25, 0.3) is 0 Å². The molecule has 0 aromatic carbocycles. The summed E-state index contributed by atoms with van der Waals surface area (Å²) in [6, 6.07) is 0.686. The summed E-state index contributed by atoms with van der Waals surface area (Å²) in [5.41, 5.74) is 0. The number of aliphatic hydroxyl groups excluding tert-OH is 1. The smallest absolute Gasteiger partial charge is 0.0698 e. The van der Waals surface area contributed by atoms with Gasteiger partial charge in [0.05, 0.1) is 19.8 Å². The van der Waals surface area contributed by atoms with Gasteiger partial charge in [0.25, 0.3) is 0 Å². The van der Waals surface area contributed by atoms with Crippen molar-refractivity contribution in [3.8, 4) is 0 Å². The molecule has 90 valence electrons. The third-order valence-corrected chi connectivity index (χ3v) is 4.06. The van der Waals surface area contributed by atoms with E-state index in [9.17, 15) is 0 Å². The van der Waals surface area contributed by atoms with Crippen LogP contribution in [0.4, 0.5) is 0 Å². The summed E-state index contributed by atoms with van der Waals surface area (Å²) < 4.78 is 5.20. The van der Waals surface area contributed by atoms with Gasteiger partial charge in [-0.05, 0) is 31.9 Å². The van der Waals surface area contributed by atoms with Gasteiger partial charge < -0.3 is 15.2 Å². The molecule has 1 aliphatic rings. The molecule has 3 nitrogen and oxygen atoms in total. The van der Waals surface area contributed by atoms with Crippen molar-refractivity contribution in [1.29, 1.82) is 0 Å². The maximum atomic E-state index is 8.52. The minimum atomic E-state index is 0.124. The van der Waals surface area contributed by atoms with E-state index in [1.807, 2.05) is 11.8 Å². The van der Waals surface area contributed by atoms with E-state index in [-0.39, 0.29) is 6.61 Å². The fourth-order valence-electron chi connectivity index (χ4n) is 2.00. The highest BCUT2D eigenvalue weighted by Gasteiger charge is 2.19. The Bertz CT molecular complexity index is 150. The van der Waals surface area contributed by atoms with E-state index >= 15 is 0 Å². The first-order chi connectivity index (χ1) is 7.36. The molecule has 0 aromatic rings. The van der Waals surface area contributed by atoms with Crippen LogP contribution in [0.3, 0.4) is 0 Å². The van der Waals surface area contributed by atoms with E-state index in [0.717, 1.165) is 11.8 Å². The van der Waals surface area contributed by atoms with Gasteiger partial charge in [-0.1, -0.05) is 0 Å². The lowest BCUT2D eigenvalue weighted by Crippen LogP contribution is -2.35. The molecule has 1 aliphatic carbocycles. The molecule has 0 spiro atoms. The average molecular weight is 233 g/mol. The third kappa shape index (κ3) is 5.76. The molecule has 0 heterocycles. The van der Waals surface area contributed by atoms with Gasteiger partial charge in [-0.2, -0.15) is 11.8 Å². The predicted molar refractivity (Wildman–Crippen MR) is 65.5 cm³/mol. The van der Waals surface area contributed by atoms with Gasteiger partial charge in [0, 0.05) is 17.8 Å². The van der Waals surface area contributed by atoms with Crippen molar-refractivity contribution in [2.45, 2.75) is 37.0 Å². The molecular weight excluding hydrogens is 210 g/mol. The number of rotatable bonds is 7. The number of ether oxygens (including phenoxy) is 1. The second-order valence-corrected chi connectivity index (χ2v) is 5.14. The van der Waals surface area contributed by atoms with Crippen LogP contribution in [0, 0.1) is 0 Å². The summed E-state index contributed by atoms with van der Waals surface area (Å²) in [5.74, 6) is 0. The van der Waals surface area contributed by atoms with Crippen LogP contribution in [0.5, 0.6) is 0 Å². The number of aliphatic hydroxyl groups is 1. The molecular formula is C11H23NO2S. The SMILES string of the molecule is CSC1CCC(NCCOCCO)CC1. The lowest BCUT2D eigenvalue weighted by Gasteiger charge is -2.28. The second kappa shape index (κ2) is 8.39. The normalized spacial score (nSPS) is 26.8. The fraction of sp³-hybridized carbons (Fsp3) is 1.00. The summed E-state index contributed by atoms with van der Waals surface area (Å²) >= 11 is 2.00. The van der Waals surface area contributed by atoms with Crippen molar-refractivity contribution in [1.82, 2.24) is 5.32 Å². The lowest BCUT2D eigenvalue weighted by atomic mass is 9.95. The molecule has 0 amide bonds. The first kappa shape index (κ1) is 13.3. The summed E-state index contributed by atoms with van der Waals surface area (Å²) in [7, 11) is 0. The molecule has 0 atom stereocenters. The van der Waals surface area contributed by atoms with E-state index in [0.29, 0.717) is 19.3 Å². The maximum Gasteiger partial charge on any atom is 0.0698 e. The monoisotopic (exact) mass is 233 g/mol. The van der Waals surface area contributed by atoms with Crippen molar-refractivity contribution in [2.24, 2.45) is 0 Å². The van der Waals surface area contributed by atoms with Crippen molar-refractivity contribution >= 4 is 11.8 Å². The van der Waals surface area contributed by atoms with Crippen LogP contribution in [-0.4, -0.2) is 49.0 Å². The Kier molecular flexibility index (Phi) is 7.44. The number of nitrogens with one attached hydrogen (secondary N) is 1. The van der Waals surface area contributed by atoms with E-state index in [4.69, 9.17) is 9.84 Å². The molecule has 0 unspecified atom stereocenters. The molecule has 1 saturated carbocycles. The average Bonchev–Trinajstić information content (AvgIpc) is 2.30. The van der Waals surface area contributed by atoms with Crippen LogP contribution >= 0.6 is 11.8 Å².